The molecular weight excluding hydrogens is 261 g/mol. The van der Waals surface area contributed by atoms with Crippen molar-refractivity contribution in [1.82, 2.24) is 5.32 Å². The van der Waals surface area contributed by atoms with Gasteiger partial charge in [-0.2, -0.15) is 0 Å². The fourth-order valence-electron chi connectivity index (χ4n) is 1.38. The number of hydrogen-bond donors (Lipinski definition) is 2. The van der Waals surface area contributed by atoms with Gasteiger partial charge in [0.2, 0.25) is 0 Å². The Morgan fingerprint density at radius 3 is 2.80 bits per heavy atom. The highest BCUT2D eigenvalue weighted by Gasteiger charge is 2.13. The third-order valence-electron chi connectivity index (χ3n) is 2.16. The molecule has 4 heteroatoms. The van der Waals surface area contributed by atoms with Crippen LogP contribution in [0, 0.1) is 5.82 Å². The summed E-state index contributed by atoms with van der Waals surface area (Å²) < 4.78 is 14.2. The molecule has 1 unspecified atom stereocenters. The normalized spacial score (nSPS) is 12.8. The Hall–Kier alpha value is -0.450. The molecule has 1 aromatic carbocycles. The number of nitrogens with one attached hydrogen (secondary N) is 1. The molecule has 0 fully saturated rings. The maximum atomic E-state index is 13.5. The first-order valence-corrected chi connectivity index (χ1v) is 5.77. The lowest BCUT2D eigenvalue weighted by Crippen LogP contribution is -2.25. The van der Waals surface area contributed by atoms with E-state index < -0.39 is 0 Å². The summed E-state index contributed by atoms with van der Waals surface area (Å²) in [5.74, 6) is -0.299. The zero-order chi connectivity index (χ0) is 11.3. The van der Waals surface area contributed by atoms with Crippen molar-refractivity contribution in [2.75, 3.05) is 13.2 Å². The summed E-state index contributed by atoms with van der Waals surface area (Å²) in [6.07, 6.45) is 0.953. The van der Waals surface area contributed by atoms with Crippen LogP contribution in [0.1, 0.15) is 24.9 Å². The molecule has 0 aliphatic rings. The third-order valence-corrected chi connectivity index (χ3v) is 2.65. The lowest BCUT2D eigenvalue weighted by atomic mass is 10.1. The summed E-state index contributed by atoms with van der Waals surface area (Å²) in [4.78, 5) is 0. The first-order chi connectivity index (χ1) is 7.19. The first kappa shape index (κ1) is 12.6. The van der Waals surface area contributed by atoms with E-state index in [0.717, 1.165) is 13.0 Å². The molecule has 0 spiro atoms. The smallest absolute Gasteiger partial charge is 0.129 e. The Kier molecular flexibility index (Phi) is 5.22. The number of aliphatic hydroxyl groups is 1. The van der Waals surface area contributed by atoms with Crippen LogP contribution in [0.2, 0.25) is 0 Å². The molecule has 0 aliphatic heterocycles. The Bertz CT molecular complexity index is 319. The summed E-state index contributed by atoms with van der Waals surface area (Å²) in [6.45, 7) is 2.69. The van der Waals surface area contributed by atoms with Crippen LogP contribution < -0.4 is 5.32 Å². The maximum absolute atomic E-state index is 13.5. The molecule has 0 saturated heterocycles. The van der Waals surface area contributed by atoms with Crippen LogP contribution in [0.15, 0.2) is 22.7 Å². The average molecular weight is 276 g/mol. The van der Waals surface area contributed by atoms with E-state index in [1.165, 1.54) is 6.07 Å². The van der Waals surface area contributed by atoms with E-state index in [0.29, 0.717) is 10.0 Å². The fourth-order valence-corrected chi connectivity index (χ4v) is 1.71. The van der Waals surface area contributed by atoms with Gasteiger partial charge in [0.25, 0.3) is 0 Å². The molecule has 0 amide bonds. The molecule has 15 heavy (non-hydrogen) atoms. The maximum Gasteiger partial charge on any atom is 0.129 e. The molecule has 84 valence electrons. The molecule has 0 heterocycles. The van der Waals surface area contributed by atoms with Crippen LogP contribution in [0.25, 0.3) is 0 Å². The number of aliphatic hydroxyl groups excluding tert-OH is 1. The number of hydrogen-bond acceptors (Lipinski definition) is 2. The fraction of sp³-hybridized carbons (Fsp3) is 0.455. The zero-order valence-electron chi connectivity index (χ0n) is 8.63. The van der Waals surface area contributed by atoms with Crippen molar-refractivity contribution in [3.63, 3.8) is 0 Å². The molecule has 1 atom stereocenters. The van der Waals surface area contributed by atoms with Gasteiger partial charge in [-0.3, -0.25) is 0 Å². The Balaban J connectivity index is 2.81. The van der Waals surface area contributed by atoms with Crippen LogP contribution in [-0.2, 0) is 0 Å². The van der Waals surface area contributed by atoms with Gasteiger partial charge in [-0.25, -0.2) is 4.39 Å². The van der Waals surface area contributed by atoms with Gasteiger partial charge in [0.05, 0.1) is 12.6 Å². The lowest BCUT2D eigenvalue weighted by Gasteiger charge is -2.16. The second kappa shape index (κ2) is 6.20. The van der Waals surface area contributed by atoms with Crippen molar-refractivity contribution in [3.8, 4) is 0 Å². The number of benzene rings is 1. The SMILES string of the molecule is CCCNC(CO)c1ccc(Br)cc1F. The molecule has 0 saturated carbocycles. The largest absolute Gasteiger partial charge is 0.394 e. The molecule has 0 aromatic heterocycles. The van der Waals surface area contributed by atoms with Crippen molar-refractivity contribution in [3.05, 3.63) is 34.1 Å². The topological polar surface area (TPSA) is 32.3 Å². The molecule has 2 nitrogen and oxygen atoms in total. The Morgan fingerprint density at radius 1 is 1.53 bits per heavy atom. The highest BCUT2D eigenvalue weighted by Crippen LogP contribution is 2.20. The van der Waals surface area contributed by atoms with Crippen LogP contribution in [0.5, 0.6) is 0 Å². The van der Waals surface area contributed by atoms with E-state index in [9.17, 15) is 4.39 Å². The molecule has 2 N–H and O–H groups in total. The van der Waals surface area contributed by atoms with Gasteiger partial charge >= 0.3 is 0 Å². The summed E-state index contributed by atoms with van der Waals surface area (Å²) in [6, 6.07) is 4.54. The van der Waals surface area contributed by atoms with E-state index in [-0.39, 0.29) is 18.5 Å². The average Bonchev–Trinajstić information content (AvgIpc) is 2.21. The summed E-state index contributed by atoms with van der Waals surface area (Å²) >= 11 is 3.20. The lowest BCUT2D eigenvalue weighted by molar-refractivity contribution is 0.242. The second-order valence-corrected chi connectivity index (χ2v) is 4.27. The zero-order valence-corrected chi connectivity index (χ0v) is 10.2. The minimum atomic E-state index is -0.321. The monoisotopic (exact) mass is 275 g/mol. The first-order valence-electron chi connectivity index (χ1n) is 4.98. The highest BCUT2D eigenvalue weighted by molar-refractivity contribution is 9.10. The van der Waals surface area contributed by atoms with E-state index >= 15 is 0 Å². The van der Waals surface area contributed by atoms with Crippen LogP contribution >= 0.6 is 15.9 Å². The van der Waals surface area contributed by atoms with E-state index in [1.54, 1.807) is 12.1 Å². The highest BCUT2D eigenvalue weighted by atomic mass is 79.9. The van der Waals surface area contributed by atoms with Crippen molar-refractivity contribution in [2.45, 2.75) is 19.4 Å². The van der Waals surface area contributed by atoms with Crippen molar-refractivity contribution >= 4 is 15.9 Å². The molecule has 0 bridgehead atoms. The standard InChI is InChI=1S/C11H15BrFNO/c1-2-5-14-11(7-15)9-4-3-8(12)6-10(9)13/h3-4,6,11,14-15H,2,5,7H2,1H3. The summed E-state index contributed by atoms with van der Waals surface area (Å²) in [7, 11) is 0. The van der Waals surface area contributed by atoms with Gasteiger partial charge in [-0.05, 0) is 25.1 Å². The summed E-state index contributed by atoms with van der Waals surface area (Å²) in [5, 5.41) is 12.2. The minimum Gasteiger partial charge on any atom is -0.394 e. The van der Waals surface area contributed by atoms with E-state index in [2.05, 4.69) is 21.2 Å². The van der Waals surface area contributed by atoms with Crippen molar-refractivity contribution in [1.29, 1.82) is 0 Å². The molecule has 0 radical (unpaired) electrons. The number of rotatable bonds is 5. The van der Waals surface area contributed by atoms with Gasteiger partial charge in [0.1, 0.15) is 5.82 Å². The van der Waals surface area contributed by atoms with Crippen molar-refractivity contribution < 1.29 is 9.50 Å². The van der Waals surface area contributed by atoms with Gasteiger partial charge in [0, 0.05) is 10.0 Å². The Labute approximate surface area is 97.6 Å². The van der Waals surface area contributed by atoms with Crippen molar-refractivity contribution in [2.24, 2.45) is 0 Å². The van der Waals surface area contributed by atoms with E-state index in [4.69, 9.17) is 5.11 Å². The van der Waals surface area contributed by atoms with Crippen LogP contribution in [0.3, 0.4) is 0 Å². The summed E-state index contributed by atoms with van der Waals surface area (Å²) in [5.41, 5.74) is 0.508. The van der Waals surface area contributed by atoms with Gasteiger partial charge in [-0.1, -0.05) is 28.9 Å². The quantitative estimate of drug-likeness (QED) is 0.866. The van der Waals surface area contributed by atoms with Gasteiger partial charge < -0.3 is 10.4 Å². The predicted octanol–water partition coefficient (Wildman–Crippen LogP) is 2.62. The second-order valence-electron chi connectivity index (χ2n) is 3.36. The Morgan fingerprint density at radius 2 is 2.27 bits per heavy atom. The molecular formula is C11H15BrFNO. The van der Waals surface area contributed by atoms with E-state index in [1.807, 2.05) is 6.92 Å². The van der Waals surface area contributed by atoms with Crippen LogP contribution in [0.4, 0.5) is 4.39 Å². The molecule has 0 aliphatic carbocycles. The van der Waals surface area contributed by atoms with Gasteiger partial charge in [-0.15, -0.1) is 0 Å². The number of halogens is 2. The molecule has 1 rings (SSSR count). The van der Waals surface area contributed by atoms with Crippen LogP contribution in [-0.4, -0.2) is 18.3 Å². The third kappa shape index (κ3) is 3.55. The predicted molar refractivity (Wildman–Crippen MR) is 62.2 cm³/mol. The minimum absolute atomic E-state index is 0.0987. The van der Waals surface area contributed by atoms with Gasteiger partial charge in [0.15, 0.2) is 0 Å². The molecule has 1 aromatic rings.